The van der Waals surface area contributed by atoms with Gasteiger partial charge in [0.1, 0.15) is 35.4 Å². The normalized spacial score (nSPS) is 12.1. The highest BCUT2D eigenvalue weighted by atomic mass is 32.1. The maximum absolute atomic E-state index is 9.70. The van der Waals surface area contributed by atoms with E-state index in [1.54, 1.807) is 45.3 Å². The summed E-state index contributed by atoms with van der Waals surface area (Å²) in [5, 5.41) is 47.5. The minimum atomic E-state index is 0.158. The van der Waals surface area contributed by atoms with Gasteiger partial charge in [-0.1, -0.05) is 36.4 Å². The van der Waals surface area contributed by atoms with E-state index in [2.05, 4.69) is 149 Å². The standard InChI is InChI=1S/C54H30N4S8/c1-27-7-5-8-28(2)45(27)47-37-21-43(39-13-11-33(61-39)19-41-35-15-17-59-53(35)49(63-41)31(23-55)24-56)66-52(37)48(46-29(3)9-6-10-30(46)4)38-22-44(65-51(38)47)40-14-12-34(62-40)20-42-36-16-18-60-54(36)50(64-42)32(25-57)26-58/h5-22H,1-4H3/b41-19-,42-20-. The molecule has 0 aliphatic heterocycles. The van der Waals surface area contributed by atoms with Gasteiger partial charge in [0.05, 0.1) is 18.5 Å². The molecule has 314 valence electrons. The van der Waals surface area contributed by atoms with E-state index >= 15 is 0 Å². The molecule has 0 spiro atoms. The highest BCUT2D eigenvalue weighted by Gasteiger charge is 2.26. The van der Waals surface area contributed by atoms with Crippen LogP contribution in [0.4, 0.5) is 0 Å². The summed E-state index contributed by atoms with van der Waals surface area (Å²) in [6, 6.07) is 39.5. The summed E-state index contributed by atoms with van der Waals surface area (Å²) in [4.78, 5) is 7.06. The van der Waals surface area contributed by atoms with Crippen LogP contribution in [0.15, 0.2) is 95.7 Å². The first-order valence-electron chi connectivity index (χ1n) is 20.6. The van der Waals surface area contributed by atoms with E-state index in [1.165, 1.54) is 107 Å². The van der Waals surface area contributed by atoms with Crippen LogP contribution in [-0.4, -0.2) is 0 Å². The Bertz CT molecular complexity index is 3890. The molecule has 0 unspecified atom stereocenters. The molecule has 0 aliphatic rings. The molecule has 0 saturated heterocycles. The molecule has 12 heteroatoms. The fourth-order valence-corrected chi connectivity index (χ4v) is 18.1. The number of benzene rings is 3. The lowest BCUT2D eigenvalue weighted by Crippen LogP contribution is -1.97. The first kappa shape index (κ1) is 42.4. The van der Waals surface area contributed by atoms with Crippen LogP contribution >= 0.6 is 90.7 Å². The van der Waals surface area contributed by atoms with Crippen molar-refractivity contribution in [3.63, 3.8) is 0 Å². The van der Waals surface area contributed by atoms with Crippen LogP contribution in [0.1, 0.15) is 32.0 Å². The molecular formula is C54H30N4S8. The first-order chi connectivity index (χ1) is 32.2. The Kier molecular flexibility index (Phi) is 10.8. The summed E-state index contributed by atoms with van der Waals surface area (Å²) in [6.45, 7) is 8.92. The Hall–Kier alpha value is -6.26. The van der Waals surface area contributed by atoms with E-state index in [1.807, 2.05) is 33.4 Å². The molecule has 4 nitrogen and oxygen atoms in total. The first-order valence-corrected chi connectivity index (χ1v) is 27.2. The molecule has 0 saturated carbocycles. The summed E-state index contributed by atoms with van der Waals surface area (Å²) >= 11 is 13.4. The molecule has 0 aliphatic carbocycles. The van der Waals surface area contributed by atoms with E-state index in [-0.39, 0.29) is 11.1 Å². The van der Waals surface area contributed by atoms with Gasteiger partial charge in [0.2, 0.25) is 0 Å². The van der Waals surface area contributed by atoms with Gasteiger partial charge in [0.25, 0.3) is 0 Å². The Morgan fingerprint density at radius 3 is 1.18 bits per heavy atom. The van der Waals surface area contributed by atoms with Crippen molar-refractivity contribution in [1.29, 1.82) is 21.0 Å². The smallest absolute Gasteiger partial charge is 0.148 e. The van der Waals surface area contributed by atoms with E-state index in [9.17, 15) is 21.0 Å². The summed E-state index contributed by atoms with van der Waals surface area (Å²) in [7, 11) is 0. The van der Waals surface area contributed by atoms with Gasteiger partial charge in [-0.3, -0.25) is 0 Å². The fraction of sp³-hybridized carbons (Fsp3) is 0.0741. The molecule has 0 fully saturated rings. The quantitative estimate of drug-likeness (QED) is 0.166. The van der Waals surface area contributed by atoms with Crippen LogP contribution in [0.2, 0.25) is 0 Å². The van der Waals surface area contributed by atoms with Crippen LogP contribution in [0.5, 0.6) is 0 Å². The molecule has 11 rings (SSSR count). The van der Waals surface area contributed by atoms with Crippen molar-refractivity contribution in [3.8, 4) is 66.0 Å². The molecule has 0 N–H and O–H groups in total. The second-order valence-corrected chi connectivity index (χ2v) is 24.1. The number of nitriles is 4. The Morgan fingerprint density at radius 2 is 0.803 bits per heavy atom. The molecule has 0 amide bonds. The van der Waals surface area contributed by atoms with Crippen LogP contribution in [0.3, 0.4) is 0 Å². The molecule has 8 heterocycles. The van der Waals surface area contributed by atoms with Crippen LogP contribution in [-0.2, 0) is 0 Å². The topological polar surface area (TPSA) is 95.2 Å². The van der Waals surface area contributed by atoms with Crippen LogP contribution < -0.4 is 18.1 Å². The maximum atomic E-state index is 9.70. The SMILES string of the molecule is Cc1cccc(C)c1-c1c2cc(-c3ccc(/C=c4\sc(=C(C#N)C#N)c5sccc45)s3)sc2c(-c2c(C)cccc2C)c2cc(-c3ccc(/C=c4\sc(=C(C#N)C#N)c5sccc45)s3)sc12. The summed E-state index contributed by atoms with van der Waals surface area (Å²) in [5.74, 6) is 0. The molecule has 0 radical (unpaired) electrons. The third-order valence-electron chi connectivity index (χ3n) is 11.8. The molecule has 66 heavy (non-hydrogen) atoms. The molecule has 3 aromatic carbocycles. The van der Waals surface area contributed by atoms with Crippen molar-refractivity contribution < 1.29 is 0 Å². The third kappa shape index (κ3) is 6.93. The third-order valence-corrected chi connectivity index (χ3v) is 21.0. The van der Waals surface area contributed by atoms with Crippen molar-refractivity contribution in [3.05, 3.63) is 146 Å². The van der Waals surface area contributed by atoms with Crippen molar-refractivity contribution >= 4 is 154 Å². The number of thiophene rings is 8. The molecule has 0 bridgehead atoms. The van der Waals surface area contributed by atoms with E-state index in [4.69, 9.17) is 0 Å². The number of nitrogens with zero attached hydrogens (tertiary/aromatic N) is 4. The minimum absolute atomic E-state index is 0.158. The Balaban J connectivity index is 1.13. The Labute approximate surface area is 411 Å². The number of hydrogen-bond acceptors (Lipinski definition) is 12. The zero-order chi connectivity index (χ0) is 45.4. The highest BCUT2D eigenvalue weighted by Crippen LogP contribution is 2.54. The Morgan fingerprint density at radius 1 is 0.409 bits per heavy atom. The predicted molar refractivity (Wildman–Crippen MR) is 288 cm³/mol. The number of aryl methyl sites for hydroxylation is 4. The number of hydrogen-bond donors (Lipinski definition) is 0. The van der Waals surface area contributed by atoms with Gasteiger partial charge in [-0.15, -0.1) is 90.7 Å². The van der Waals surface area contributed by atoms with E-state index in [0.717, 1.165) is 48.1 Å². The van der Waals surface area contributed by atoms with Crippen molar-refractivity contribution in [2.24, 2.45) is 0 Å². The highest BCUT2D eigenvalue weighted by molar-refractivity contribution is 7.29. The number of rotatable bonds is 6. The lowest BCUT2D eigenvalue weighted by molar-refractivity contribution is 1.39. The molecule has 11 aromatic rings. The summed E-state index contributed by atoms with van der Waals surface area (Å²) in [5.41, 5.74) is 10.4. The maximum Gasteiger partial charge on any atom is 0.148 e. The average molecular weight is 991 g/mol. The lowest BCUT2D eigenvalue weighted by Gasteiger charge is -2.18. The molecule has 8 aromatic heterocycles. The molecular weight excluding hydrogens is 961 g/mol. The van der Waals surface area contributed by atoms with Gasteiger partial charge in [0.15, 0.2) is 0 Å². The van der Waals surface area contributed by atoms with Crippen LogP contribution in [0, 0.1) is 73.0 Å². The largest absolute Gasteiger partial charge is 0.192 e. The average Bonchev–Trinajstić information content (AvgIpc) is 4.16. The molecule has 0 atom stereocenters. The van der Waals surface area contributed by atoms with Crippen molar-refractivity contribution in [2.75, 3.05) is 0 Å². The fourth-order valence-electron chi connectivity index (χ4n) is 8.89. The van der Waals surface area contributed by atoms with Gasteiger partial charge in [-0.2, -0.15) is 21.0 Å². The zero-order valence-corrected chi connectivity index (χ0v) is 42.0. The minimum Gasteiger partial charge on any atom is -0.192 e. The lowest BCUT2D eigenvalue weighted by atomic mass is 9.87. The monoisotopic (exact) mass is 990 g/mol. The zero-order valence-electron chi connectivity index (χ0n) is 35.4. The van der Waals surface area contributed by atoms with E-state index < -0.39 is 0 Å². The van der Waals surface area contributed by atoms with Crippen LogP contribution in [0.25, 0.3) is 105 Å². The van der Waals surface area contributed by atoms with E-state index in [0.29, 0.717) is 0 Å². The van der Waals surface area contributed by atoms with Gasteiger partial charge >= 0.3 is 0 Å². The van der Waals surface area contributed by atoms with Gasteiger partial charge in [0, 0.05) is 80.4 Å². The van der Waals surface area contributed by atoms with Crippen molar-refractivity contribution in [1.82, 2.24) is 0 Å². The summed E-state index contributed by atoms with van der Waals surface area (Å²) in [6.07, 6.45) is 4.40. The second kappa shape index (κ2) is 16.9. The number of fused-ring (bicyclic) bond motifs is 4. The van der Waals surface area contributed by atoms with Gasteiger partial charge < -0.3 is 0 Å². The summed E-state index contributed by atoms with van der Waals surface area (Å²) < 4.78 is 8.13. The van der Waals surface area contributed by atoms with Gasteiger partial charge in [-0.05, 0) is 133 Å². The van der Waals surface area contributed by atoms with Gasteiger partial charge in [-0.25, -0.2) is 0 Å². The van der Waals surface area contributed by atoms with Crippen molar-refractivity contribution in [2.45, 2.75) is 27.7 Å². The second-order valence-electron chi connectivity index (χ2n) is 15.8. The predicted octanol–water partition coefficient (Wildman–Crippen LogP) is 14.7.